The van der Waals surface area contributed by atoms with Crippen LogP contribution in [0.25, 0.3) is 11.5 Å². The summed E-state index contributed by atoms with van der Waals surface area (Å²) in [5.74, 6) is 1.17. The molecule has 1 aliphatic carbocycles. The Hall–Kier alpha value is -2.41. The Balaban J connectivity index is 1.21. The zero-order chi connectivity index (χ0) is 19.2. The lowest BCUT2D eigenvalue weighted by atomic mass is 10.1. The van der Waals surface area contributed by atoms with Gasteiger partial charge in [0, 0.05) is 31.1 Å². The number of hydrogen-bond acceptors (Lipinski definition) is 5. The predicted molar refractivity (Wildman–Crippen MR) is 105 cm³/mol. The molecular weight excluding hydrogens is 356 g/mol. The van der Waals surface area contributed by atoms with Gasteiger partial charge in [0.2, 0.25) is 0 Å². The number of amides is 2. The fourth-order valence-corrected chi connectivity index (χ4v) is 3.97. The molecule has 0 spiro atoms. The van der Waals surface area contributed by atoms with E-state index in [9.17, 15) is 4.79 Å². The molecule has 4 rings (SSSR count). The first-order valence-electron chi connectivity index (χ1n) is 10.3. The van der Waals surface area contributed by atoms with E-state index >= 15 is 0 Å². The summed E-state index contributed by atoms with van der Waals surface area (Å²) in [4.78, 5) is 18.8. The van der Waals surface area contributed by atoms with Gasteiger partial charge in [0.25, 0.3) is 5.89 Å². The van der Waals surface area contributed by atoms with Crippen LogP contribution in [0.3, 0.4) is 0 Å². The van der Waals surface area contributed by atoms with Gasteiger partial charge in [-0.2, -0.15) is 4.98 Å². The Morgan fingerprint density at radius 1 is 1.18 bits per heavy atom. The van der Waals surface area contributed by atoms with E-state index < -0.39 is 0 Å². The van der Waals surface area contributed by atoms with Gasteiger partial charge in [-0.3, -0.25) is 0 Å². The van der Waals surface area contributed by atoms with Crippen molar-refractivity contribution < 1.29 is 14.1 Å². The molecule has 150 valence electrons. The fraction of sp³-hybridized carbons (Fsp3) is 0.571. The molecule has 2 amide bonds. The Morgan fingerprint density at radius 2 is 2.00 bits per heavy atom. The molecule has 28 heavy (non-hydrogen) atoms. The summed E-state index contributed by atoms with van der Waals surface area (Å²) in [6.45, 7) is 1.99. The largest absolute Gasteiger partial charge is 0.376 e. The van der Waals surface area contributed by atoms with Crippen LogP contribution in [-0.4, -0.2) is 52.9 Å². The number of rotatable bonds is 6. The van der Waals surface area contributed by atoms with Gasteiger partial charge < -0.3 is 19.5 Å². The third-order valence-electron chi connectivity index (χ3n) is 5.52. The van der Waals surface area contributed by atoms with Gasteiger partial charge in [-0.25, -0.2) is 4.79 Å². The van der Waals surface area contributed by atoms with E-state index in [0.717, 1.165) is 37.8 Å². The maximum absolute atomic E-state index is 12.5. The minimum absolute atomic E-state index is 0.0610. The zero-order valence-corrected chi connectivity index (χ0v) is 16.2. The van der Waals surface area contributed by atoms with Crippen molar-refractivity contribution in [3.63, 3.8) is 0 Å². The monoisotopic (exact) mass is 384 g/mol. The van der Waals surface area contributed by atoms with Gasteiger partial charge in [-0.1, -0.05) is 36.2 Å². The molecule has 7 heteroatoms. The topological polar surface area (TPSA) is 80.5 Å². The highest BCUT2D eigenvalue weighted by Crippen LogP contribution is 2.20. The van der Waals surface area contributed by atoms with Gasteiger partial charge in [-0.05, 0) is 37.8 Å². The van der Waals surface area contributed by atoms with Crippen LogP contribution < -0.4 is 5.32 Å². The summed E-state index contributed by atoms with van der Waals surface area (Å²) in [5, 5.41) is 7.20. The van der Waals surface area contributed by atoms with E-state index in [1.807, 2.05) is 35.2 Å². The average Bonchev–Trinajstić information content (AvgIpc) is 3.41. The van der Waals surface area contributed by atoms with Crippen LogP contribution in [0.5, 0.6) is 0 Å². The summed E-state index contributed by atoms with van der Waals surface area (Å²) < 4.78 is 11.3. The van der Waals surface area contributed by atoms with Gasteiger partial charge in [0.1, 0.15) is 0 Å². The van der Waals surface area contributed by atoms with Crippen molar-refractivity contribution in [1.29, 1.82) is 0 Å². The van der Waals surface area contributed by atoms with E-state index in [1.54, 1.807) is 0 Å². The van der Waals surface area contributed by atoms with E-state index in [2.05, 4.69) is 15.5 Å². The quantitative estimate of drug-likeness (QED) is 0.825. The molecule has 1 N–H and O–H groups in total. The number of ether oxygens (including phenoxy) is 1. The number of benzene rings is 1. The van der Waals surface area contributed by atoms with Gasteiger partial charge in [0.05, 0.1) is 12.7 Å². The van der Waals surface area contributed by atoms with Crippen molar-refractivity contribution in [2.75, 3.05) is 19.7 Å². The third-order valence-corrected chi connectivity index (χ3v) is 5.52. The lowest BCUT2D eigenvalue weighted by molar-refractivity contribution is 0.0103. The van der Waals surface area contributed by atoms with Crippen LogP contribution in [0.1, 0.15) is 44.3 Å². The average molecular weight is 384 g/mol. The van der Waals surface area contributed by atoms with Crippen molar-refractivity contribution in [2.24, 2.45) is 0 Å². The van der Waals surface area contributed by atoms with Crippen molar-refractivity contribution in [2.45, 2.75) is 57.1 Å². The summed E-state index contributed by atoms with van der Waals surface area (Å²) in [5.41, 5.74) is 0.915. The molecule has 1 atom stereocenters. The third kappa shape index (κ3) is 4.90. The summed E-state index contributed by atoms with van der Waals surface area (Å²) in [7, 11) is 0. The van der Waals surface area contributed by atoms with Crippen LogP contribution in [0, 0.1) is 0 Å². The Bertz CT molecular complexity index is 758. The normalized spacial score (nSPS) is 20.4. The van der Waals surface area contributed by atoms with Gasteiger partial charge in [0.15, 0.2) is 5.82 Å². The summed E-state index contributed by atoms with van der Waals surface area (Å²) >= 11 is 0. The highest BCUT2D eigenvalue weighted by Gasteiger charge is 2.26. The predicted octanol–water partition coefficient (Wildman–Crippen LogP) is 3.41. The number of likely N-dealkylation sites (tertiary alicyclic amines) is 1. The van der Waals surface area contributed by atoms with Gasteiger partial charge >= 0.3 is 6.03 Å². The molecule has 1 unspecified atom stereocenters. The number of nitrogens with zero attached hydrogens (tertiary/aromatic N) is 3. The number of nitrogens with one attached hydrogen (secondary N) is 1. The van der Waals surface area contributed by atoms with E-state index in [0.29, 0.717) is 37.3 Å². The number of aromatic nitrogens is 2. The molecule has 2 aromatic rings. The molecule has 1 aromatic heterocycles. The summed E-state index contributed by atoms with van der Waals surface area (Å²) in [6.07, 6.45) is 7.28. The lowest BCUT2D eigenvalue weighted by Crippen LogP contribution is -2.50. The highest BCUT2D eigenvalue weighted by atomic mass is 16.5. The molecule has 2 aliphatic rings. The Kier molecular flexibility index (Phi) is 6.21. The molecule has 1 saturated heterocycles. The molecular formula is C21H28N4O3. The molecule has 2 heterocycles. The van der Waals surface area contributed by atoms with E-state index in [4.69, 9.17) is 9.26 Å². The van der Waals surface area contributed by atoms with Crippen LogP contribution in [0.15, 0.2) is 34.9 Å². The standard InChI is InChI=1S/C21H28N4O3/c26-21(22-17-9-4-5-10-17)25-13-6-11-18(15-25)27-14-12-19-23-20(28-24-19)16-7-2-1-3-8-16/h1-3,7-8,17-18H,4-6,9-15H2,(H,22,26). The van der Waals surface area contributed by atoms with Crippen molar-refractivity contribution >= 4 is 6.03 Å². The number of hydrogen-bond donors (Lipinski definition) is 1. The maximum atomic E-state index is 12.5. The number of piperidine rings is 1. The van der Waals surface area contributed by atoms with Crippen LogP contribution in [0.4, 0.5) is 4.79 Å². The molecule has 2 fully saturated rings. The first kappa shape index (κ1) is 18.9. The molecule has 0 bridgehead atoms. The molecule has 1 aliphatic heterocycles. The molecule has 1 aromatic carbocycles. The maximum Gasteiger partial charge on any atom is 0.317 e. The highest BCUT2D eigenvalue weighted by molar-refractivity contribution is 5.74. The van der Waals surface area contributed by atoms with Crippen LogP contribution in [-0.2, 0) is 11.2 Å². The number of carbonyl (C=O) groups is 1. The fourth-order valence-electron chi connectivity index (χ4n) is 3.97. The van der Waals surface area contributed by atoms with E-state index in [1.165, 1.54) is 12.8 Å². The molecule has 1 saturated carbocycles. The first-order chi connectivity index (χ1) is 13.8. The van der Waals surface area contributed by atoms with Crippen molar-refractivity contribution in [1.82, 2.24) is 20.4 Å². The number of urea groups is 1. The van der Waals surface area contributed by atoms with Crippen molar-refractivity contribution in [3.8, 4) is 11.5 Å². The minimum Gasteiger partial charge on any atom is -0.376 e. The molecule has 0 radical (unpaired) electrons. The molecule has 7 nitrogen and oxygen atoms in total. The second-order valence-electron chi connectivity index (χ2n) is 7.64. The van der Waals surface area contributed by atoms with E-state index in [-0.39, 0.29) is 12.1 Å². The second-order valence-corrected chi connectivity index (χ2v) is 7.64. The van der Waals surface area contributed by atoms with Crippen LogP contribution >= 0.6 is 0 Å². The second kappa shape index (κ2) is 9.19. The smallest absolute Gasteiger partial charge is 0.317 e. The Labute approximate surface area is 165 Å². The SMILES string of the molecule is O=C(NC1CCCC1)N1CCCC(OCCc2noc(-c3ccccc3)n2)C1. The number of carbonyl (C=O) groups excluding carboxylic acids is 1. The summed E-state index contributed by atoms with van der Waals surface area (Å²) in [6, 6.07) is 10.1. The Morgan fingerprint density at radius 3 is 2.82 bits per heavy atom. The lowest BCUT2D eigenvalue weighted by Gasteiger charge is -2.33. The van der Waals surface area contributed by atoms with Crippen molar-refractivity contribution in [3.05, 3.63) is 36.2 Å². The minimum atomic E-state index is 0.0610. The van der Waals surface area contributed by atoms with Crippen LogP contribution in [0.2, 0.25) is 0 Å². The zero-order valence-electron chi connectivity index (χ0n) is 16.2. The first-order valence-corrected chi connectivity index (χ1v) is 10.3. The van der Waals surface area contributed by atoms with Gasteiger partial charge in [-0.15, -0.1) is 0 Å².